The van der Waals surface area contributed by atoms with E-state index in [1.54, 1.807) is 40.9 Å². The van der Waals surface area contributed by atoms with Gasteiger partial charge in [0.1, 0.15) is 17.7 Å². The molecule has 3 heterocycles. The molecular formula is C24H13N3OS2. The van der Waals surface area contributed by atoms with Gasteiger partial charge in [-0.25, -0.2) is 0 Å². The molecule has 30 heavy (non-hydrogen) atoms. The van der Waals surface area contributed by atoms with Gasteiger partial charge in [0.25, 0.3) is 0 Å². The zero-order valence-corrected chi connectivity index (χ0v) is 17.5. The third-order valence-electron chi connectivity index (χ3n) is 5.24. The van der Waals surface area contributed by atoms with Gasteiger partial charge in [-0.1, -0.05) is 30.3 Å². The van der Waals surface area contributed by atoms with Gasteiger partial charge in [0.15, 0.2) is 5.78 Å². The molecule has 1 aliphatic carbocycles. The zero-order chi connectivity index (χ0) is 20.8. The Morgan fingerprint density at radius 3 is 2.50 bits per heavy atom. The summed E-state index contributed by atoms with van der Waals surface area (Å²) < 4.78 is 3.28. The molecule has 0 saturated carbocycles. The molecule has 4 aromatic rings. The molecule has 6 heteroatoms. The lowest BCUT2D eigenvalue weighted by molar-refractivity contribution is 0.104. The number of aryl methyl sites for hydroxylation is 1. The quantitative estimate of drug-likeness (QED) is 0.291. The molecule has 0 spiro atoms. The molecule has 4 nitrogen and oxygen atoms in total. The average Bonchev–Trinajstić information content (AvgIpc) is 3.52. The molecule has 0 aliphatic heterocycles. The van der Waals surface area contributed by atoms with Gasteiger partial charge in [-0.05, 0) is 35.2 Å². The molecule has 0 atom stereocenters. The summed E-state index contributed by atoms with van der Waals surface area (Å²) in [5.41, 5.74) is 4.21. The number of carbonyl (C=O) groups excluding carboxylic acids is 1. The van der Waals surface area contributed by atoms with E-state index >= 15 is 0 Å². The molecule has 142 valence electrons. The van der Waals surface area contributed by atoms with Crippen LogP contribution in [0.3, 0.4) is 0 Å². The van der Waals surface area contributed by atoms with E-state index < -0.39 is 0 Å². The topological polar surface area (TPSA) is 69.6 Å². The standard InChI is InChI=1S/C24H13N3OS2/c1-27-19-10-15(30-22(19)11-20(27)21-7-4-8-29-21)9-18-23(14(12-25)13-26)16-5-2-3-6-17(16)24(18)28/h2-11H,1H3/b18-9-. The monoisotopic (exact) mass is 423 g/mol. The molecule has 0 unspecified atom stereocenters. The van der Waals surface area contributed by atoms with Crippen LogP contribution < -0.4 is 0 Å². The number of allylic oxidation sites excluding steroid dienone is 3. The highest BCUT2D eigenvalue weighted by Gasteiger charge is 2.32. The lowest BCUT2D eigenvalue weighted by Gasteiger charge is -2.02. The highest BCUT2D eigenvalue weighted by Crippen LogP contribution is 2.41. The summed E-state index contributed by atoms with van der Waals surface area (Å²) in [5.74, 6) is -0.152. The van der Waals surface area contributed by atoms with Crippen molar-refractivity contribution in [1.29, 1.82) is 10.5 Å². The van der Waals surface area contributed by atoms with Crippen LogP contribution in [-0.4, -0.2) is 10.4 Å². The van der Waals surface area contributed by atoms with Gasteiger partial charge < -0.3 is 4.57 Å². The van der Waals surface area contributed by atoms with E-state index in [1.165, 1.54) is 4.88 Å². The fourth-order valence-corrected chi connectivity index (χ4v) is 5.70. The number of carbonyl (C=O) groups is 1. The van der Waals surface area contributed by atoms with E-state index in [-0.39, 0.29) is 11.4 Å². The van der Waals surface area contributed by atoms with Crippen LogP contribution >= 0.6 is 22.7 Å². The maximum atomic E-state index is 13.1. The Balaban J connectivity index is 1.66. The van der Waals surface area contributed by atoms with Crippen molar-refractivity contribution in [2.75, 3.05) is 0 Å². The molecule has 1 aliphatic rings. The smallest absolute Gasteiger partial charge is 0.194 e. The van der Waals surface area contributed by atoms with Crippen molar-refractivity contribution in [2.45, 2.75) is 0 Å². The fraction of sp³-hybridized carbons (Fsp3) is 0.0417. The number of rotatable bonds is 2. The summed E-state index contributed by atoms with van der Waals surface area (Å²) in [4.78, 5) is 15.2. The molecule has 1 aromatic carbocycles. The lowest BCUT2D eigenvalue weighted by Crippen LogP contribution is -1.95. The van der Waals surface area contributed by atoms with Crippen LogP contribution in [0.4, 0.5) is 0 Å². The normalized spacial score (nSPS) is 14.2. The summed E-state index contributed by atoms with van der Waals surface area (Å²) in [7, 11) is 2.03. The number of hydrogen-bond donors (Lipinski definition) is 0. The van der Waals surface area contributed by atoms with Crippen LogP contribution in [0.5, 0.6) is 0 Å². The largest absolute Gasteiger partial charge is 0.342 e. The van der Waals surface area contributed by atoms with Gasteiger partial charge in [0.05, 0.1) is 20.8 Å². The Morgan fingerprint density at radius 2 is 1.83 bits per heavy atom. The van der Waals surface area contributed by atoms with Gasteiger partial charge in [0, 0.05) is 28.6 Å². The zero-order valence-electron chi connectivity index (χ0n) is 15.8. The maximum Gasteiger partial charge on any atom is 0.194 e. The van der Waals surface area contributed by atoms with Crippen molar-refractivity contribution < 1.29 is 4.79 Å². The van der Waals surface area contributed by atoms with E-state index in [0.29, 0.717) is 22.3 Å². The van der Waals surface area contributed by atoms with Gasteiger partial charge in [-0.15, -0.1) is 22.7 Å². The summed E-state index contributed by atoms with van der Waals surface area (Å²) >= 11 is 3.29. The van der Waals surface area contributed by atoms with Crippen molar-refractivity contribution in [3.05, 3.63) is 81.1 Å². The van der Waals surface area contributed by atoms with E-state index in [9.17, 15) is 15.3 Å². The number of nitriles is 2. The molecule has 3 aromatic heterocycles. The molecule has 0 fully saturated rings. The minimum atomic E-state index is -0.152. The Kier molecular flexibility index (Phi) is 4.25. The second-order valence-corrected chi connectivity index (χ2v) is 8.93. The number of thiophene rings is 2. The first-order valence-corrected chi connectivity index (χ1v) is 10.9. The SMILES string of the molecule is Cn1c(-c2cccs2)cc2sc(/C=C3\C(=O)c4ccccc4C3=C(C#N)C#N)cc21. The number of ketones is 1. The molecule has 0 N–H and O–H groups in total. The van der Waals surface area contributed by atoms with Crippen molar-refractivity contribution in [2.24, 2.45) is 7.05 Å². The van der Waals surface area contributed by atoms with Crippen molar-refractivity contribution in [3.8, 4) is 22.7 Å². The first-order chi connectivity index (χ1) is 14.6. The molecule has 0 amide bonds. The average molecular weight is 424 g/mol. The second-order valence-electron chi connectivity index (χ2n) is 6.87. The minimum Gasteiger partial charge on any atom is -0.342 e. The number of benzene rings is 1. The number of nitrogens with zero attached hydrogens (tertiary/aromatic N) is 3. The van der Waals surface area contributed by atoms with Crippen molar-refractivity contribution in [3.63, 3.8) is 0 Å². The van der Waals surface area contributed by atoms with Crippen LogP contribution in [-0.2, 0) is 7.05 Å². The van der Waals surface area contributed by atoms with Gasteiger partial charge in [-0.2, -0.15) is 10.5 Å². The van der Waals surface area contributed by atoms with Crippen LogP contribution in [0.15, 0.2) is 65.1 Å². The summed E-state index contributed by atoms with van der Waals surface area (Å²) in [6, 6.07) is 19.4. The third kappa shape index (κ3) is 2.67. The Morgan fingerprint density at radius 1 is 1.07 bits per heavy atom. The molecule has 0 bridgehead atoms. The highest BCUT2D eigenvalue weighted by molar-refractivity contribution is 7.20. The van der Waals surface area contributed by atoms with Gasteiger partial charge in [0.2, 0.25) is 0 Å². The third-order valence-corrected chi connectivity index (χ3v) is 7.15. The number of fused-ring (bicyclic) bond motifs is 2. The minimum absolute atomic E-state index is 0.0411. The fourth-order valence-electron chi connectivity index (χ4n) is 3.85. The summed E-state index contributed by atoms with van der Waals surface area (Å²) in [6.07, 6.45) is 1.81. The molecule has 0 radical (unpaired) electrons. The van der Waals surface area contributed by atoms with Crippen molar-refractivity contribution in [1.82, 2.24) is 4.57 Å². The van der Waals surface area contributed by atoms with Crippen LogP contribution in [0.1, 0.15) is 20.8 Å². The van der Waals surface area contributed by atoms with Gasteiger partial charge in [-0.3, -0.25) is 4.79 Å². The van der Waals surface area contributed by atoms with Crippen LogP contribution in [0.2, 0.25) is 0 Å². The lowest BCUT2D eigenvalue weighted by atomic mass is 9.99. The van der Waals surface area contributed by atoms with Crippen molar-refractivity contribution >= 4 is 50.3 Å². The predicted octanol–water partition coefficient (Wildman–Crippen LogP) is 6.05. The summed E-state index contributed by atoms with van der Waals surface area (Å²) in [5, 5.41) is 21.0. The van der Waals surface area contributed by atoms with E-state index in [2.05, 4.69) is 28.1 Å². The first-order valence-electron chi connectivity index (χ1n) is 9.16. The maximum absolute atomic E-state index is 13.1. The Hall–Kier alpha value is -3.71. The number of aromatic nitrogens is 1. The Bertz CT molecular complexity index is 1470. The highest BCUT2D eigenvalue weighted by atomic mass is 32.1. The van der Waals surface area contributed by atoms with Crippen LogP contribution in [0, 0.1) is 22.7 Å². The van der Waals surface area contributed by atoms with E-state index in [0.717, 1.165) is 20.8 Å². The molecule has 5 rings (SSSR count). The predicted molar refractivity (Wildman–Crippen MR) is 121 cm³/mol. The first kappa shape index (κ1) is 18.3. The second kappa shape index (κ2) is 6.96. The molecule has 0 saturated heterocycles. The van der Waals surface area contributed by atoms with Crippen LogP contribution in [0.25, 0.3) is 32.4 Å². The number of hydrogen-bond acceptors (Lipinski definition) is 5. The molecular weight excluding hydrogens is 410 g/mol. The van der Waals surface area contributed by atoms with E-state index in [1.807, 2.05) is 37.4 Å². The van der Waals surface area contributed by atoms with Gasteiger partial charge >= 0.3 is 0 Å². The number of Topliss-reactive ketones (excluding diaryl/α,β-unsaturated/α-hetero) is 1. The van der Waals surface area contributed by atoms with E-state index in [4.69, 9.17) is 0 Å². The Labute approximate surface area is 180 Å². The summed E-state index contributed by atoms with van der Waals surface area (Å²) in [6.45, 7) is 0.